The van der Waals surface area contributed by atoms with E-state index in [0.717, 1.165) is 18.0 Å². The smallest absolute Gasteiger partial charge is 0.265 e. The molecule has 21 heavy (non-hydrogen) atoms. The molecule has 0 saturated carbocycles. The van der Waals surface area contributed by atoms with E-state index in [1.54, 1.807) is 0 Å². The molecule has 2 rings (SSSR count). The molecule has 0 spiro atoms. The van der Waals surface area contributed by atoms with E-state index in [2.05, 4.69) is 17.1 Å². The van der Waals surface area contributed by atoms with Crippen molar-refractivity contribution >= 4 is 11.6 Å². The van der Waals surface area contributed by atoms with Crippen LogP contribution in [0.1, 0.15) is 13.8 Å². The second kappa shape index (κ2) is 6.80. The van der Waals surface area contributed by atoms with E-state index < -0.39 is 6.10 Å². The lowest BCUT2D eigenvalue weighted by molar-refractivity contribution is -0.140. The van der Waals surface area contributed by atoms with Crippen LogP contribution in [0.2, 0.25) is 0 Å². The molecule has 1 aliphatic heterocycles. The molecule has 0 saturated heterocycles. The van der Waals surface area contributed by atoms with Gasteiger partial charge in [0, 0.05) is 19.1 Å². The van der Waals surface area contributed by atoms with Crippen LogP contribution in [0, 0.1) is 0 Å². The van der Waals surface area contributed by atoms with Gasteiger partial charge in [-0.2, -0.15) is 0 Å². The van der Waals surface area contributed by atoms with E-state index in [0.29, 0.717) is 13.1 Å². The largest absolute Gasteiger partial charge is 0.477 e. The van der Waals surface area contributed by atoms with Crippen LogP contribution in [0.3, 0.4) is 0 Å². The highest BCUT2D eigenvalue weighted by atomic mass is 16.5. The molecule has 1 aliphatic rings. The van der Waals surface area contributed by atoms with Crippen molar-refractivity contribution in [3.05, 3.63) is 24.3 Å². The van der Waals surface area contributed by atoms with E-state index in [-0.39, 0.29) is 11.9 Å². The Hall–Kier alpha value is -1.75. The number of hydrogen-bond donors (Lipinski definition) is 1. The number of carbonyl (C=O) groups is 1. The fourth-order valence-corrected chi connectivity index (χ4v) is 2.75. The van der Waals surface area contributed by atoms with Crippen molar-refractivity contribution in [3.63, 3.8) is 0 Å². The van der Waals surface area contributed by atoms with Crippen LogP contribution in [0.25, 0.3) is 0 Å². The Labute approximate surface area is 126 Å². The fraction of sp³-hybridized carbons (Fsp3) is 0.562. The number of carbonyl (C=O) groups excluding carboxylic acids is 1. The Morgan fingerprint density at radius 2 is 2.14 bits per heavy atom. The van der Waals surface area contributed by atoms with Crippen LogP contribution in [-0.4, -0.2) is 61.6 Å². The van der Waals surface area contributed by atoms with Crippen molar-refractivity contribution in [2.45, 2.75) is 26.0 Å². The summed E-state index contributed by atoms with van der Waals surface area (Å²) in [5.74, 6) is 0.798. The van der Waals surface area contributed by atoms with Crippen molar-refractivity contribution in [1.29, 1.82) is 0 Å². The van der Waals surface area contributed by atoms with Crippen LogP contribution in [0.4, 0.5) is 5.69 Å². The average molecular weight is 291 g/mol. The maximum absolute atomic E-state index is 12.7. The number of anilines is 1. The van der Waals surface area contributed by atoms with Gasteiger partial charge in [-0.05, 0) is 40.1 Å². The molecule has 5 heteroatoms. The van der Waals surface area contributed by atoms with Gasteiger partial charge in [-0.1, -0.05) is 12.1 Å². The van der Waals surface area contributed by atoms with Gasteiger partial charge >= 0.3 is 0 Å². The maximum Gasteiger partial charge on any atom is 0.265 e. The standard InChI is InChI=1S/C16H25N3O2/c1-5-19(12(2)11-18(3)4)16(20)15-10-17-13-8-6-7-9-14(13)21-15/h6-9,12,15,17H,5,10-11H2,1-4H3. The molecular weight excluding hydrogens is 266 g/mol. The Morgan fingerprint density at radius 3 is 2.81 bits per heavy atom. The molecule has 0 fully saturated rings. The maximum atomic E-state index is 12.7. The SMILES string of the molecule is CCN(C(=O)C1CNc2ccccc2O1)C(C)CN(C)C. The molecule has 2 atom stereocenters. The zero-order chi connectivity index (χ0) is 15.4. The molecule has 1 aromatic carbocycles. The zero-order valence-corrected chi connectivity index (χ0v) is 13.3. The number of likely N-dealkylation sites (N-methyl/N-ethyl adjacent to an activating group) is 2. The lowest BCUT2D eigenvalue weighted by Gasteiger charge is -2.35. The number of para-hydroxylation sites is 2. The van der Waals surface area contributed by atoms with Crippen LogP contribution in [-0.2, 0) is 4.79 Å². The molecule has 116 valence electrons. The second-order valence-corrected chi connectivity index (χ2v) is 5.72. The normalized spacial score (nSPS) is 18.4. The van der Waals surface area contributed by atoms with Gasteiger partial charge in [-0.25, -0.2) is 0 Å². The number of nitrogens with zero attached hydrogens (tertiary/aromatic N) is 2. The Kier molecular flexibility index (Phi) is 5.07. The number of benzene rings is 1. The van der Waals surface area contributed by atoms with E-state index in [1.807, 2.05) is 50.2 Å². The Balaban J connectivity index is 2.06. The molecule has 1 aromatic rings. The zero-order valence-electron chi connectivity index (χ0n) is 13.3. The number of ether oxygens (including phenoxy) is 1. The van der Waals surface area contributed by atoms with Gasteiger partial charge in [0.25, 0.3) is 5.91 Å². The van der Waals surface area contributed by atoms with Gasteiger partial charge in [0.15, 0.2) is 6.10 Å². The van der Waals surface area contributed by atoms with Gasteiger partial charge in [0.1, 0.15) is 5.75 Å². The summed E-state index contributed by atoms with van der Waals surface area (Å²) in [7, 11) is 4.04. The molecule has 1 N–H and O–H groups in total. The molecule has 2 unspecified atom stereocenters. The van der Waals surface area contributed by atoms with E-state index in [4.69, 9.17) is 4.74 Å². The molecule has 0 aromatic heterocycles. The predicted molar refractivity (Wildman–Crippen MR) is 84.8 cm³/mol. The monoisotopic (exact) mass is 291 g/mol. The second-order valence-electron chi connectivity index (χ2n) is 5.72. The van der Waals surface area contributed by atoms with E-state index in [9.17, 15) is 4.79 Å². The van der Waals surface area contributed by atoms with Gasteiger partial charge in [0.2, 0.25) is 0 Å². The third-order valence-electron chi connectivity index (χ3n) is 3.69. The molecule has 5 nitrogen and oxygen atoms in total. The van der Waals surface area contributed by atoms with Gasteiger partial charge in [-0.3, -0.25) is 4.79 Å². The van der Waals surface area contributed by atoms with Crippen molar-refractivity contribution in [2.24, 2.45) is 0 Å². The first-order valence-electron chi connectivity index (χ1n) is 7.47. The Bertz CT molecular complexity index is 490. The fourth-order valence-electron chi connectivity index (χ4n) is 2.75. The summed E-state index contributed by atoms with van der Waals surface area (Å²) in [6.07, 6.45) is -0.454. The number of nitrogens with one attached hydrogen (secondary N) is 1. The van der Waals surface area contributed by atoms with Crippen LogP contribution < -0.4 is 10.1 Å². The summed E-state index contributed by atoms with van der Waals surface area (Å²) in [4.78, 5) is 16.7. The topological polar surface area (TPSA) is 44.8 Å². The average Bonchev–Trinajstić information content (AvgIpc) is 2.46. The predicted octanol–water partition coefficient (Wildman–Crippen LogP) is 1.66. The van der Waals surface area contributed by atoms with Crippen molar-refractivity contribution < 1.29 is 9.53 Å². The van der Waals surface area contributed by atoms with E-state index >= 15 is 0 Å². The van der Waals surface area contributed by atoms with Gasteiger partial charge < -0.3 is 19.9 Å². The van der Waals surface area contributed by atoms with Gasteiger partial charge in [-0.15, -0.1) is 0 Å². The lowest BCUT2D eigenvalue weighted by atomic mass is 10.1. The summed E-state index contributed by atoms with van der Waals surface area (Å²) in [6.45, 7) is 6.13. The van der Waals surface area contributed by atoms with Gasteiger partial charge in [0.05, 0.1) is 12.2 Å². The van der Waals surface area contributed by atoms with Crippen molar-refractivity contribution in [3.8, 4) is 5.75 Å². The van der Waals surface area contributed by atoms with Crippen LogP contribution >= 0.6 is 0 Å². The number of rotatable bonds is 5. The molecular formula is C16H25N3O2. The lowest BCUT2D eigenvalue weighted by Crippen LogP contribution is -2.52. The highest BCUT2D eigenvalue weighted by molar-refractivity contribution is 5.83. The summed E-state index contributed by atoms with van der Waals surface area (Å²) in [6, 6.07) is 7.89. The third kappa shape index (κ3) is 3.67. The molecule has 0 radical (unpaired) electrons. The minimum Gasteiger partial charge on any atom is -0.477 e. The summed E-state index contributed by atoms with van der Waals surface area (Å²) < 4.78 is 5.86. The van der Waals surface area contributed by atoms with Crippen LogP contribution in [0.5, 0.6) is 5.75 Å². The molecule has 1 amide bonds. The van der Waals surface area contributed by atoms with Crippen molar-refractivity contribution in [2.75, 3.05) is 39.0 Å². The highest BCUT2D eigenvalue weighted by Gasteiger charge is 2.31. The number of amides is 1. The summed E-state index contributed by atoms with van der Waals surface area (Å²) in [5.41, 5.74) is 0.950. The minimum absolute atomic E-state index is 0.0499. The molecule has 0 aliphatic carbocycles. The Morgan fingerprint density at radius 1 is 1.43 bits per heavy atom. The first kappa shape index (κ1) is 15.6. The van der Waals surface area contributed by atoms with Crippen LogP contribution in [0.15, 0.2) is 24.3 Å². The molecule has 0 bridgehead atoms. The highest BCUT2D eigenvalue weighted by Crippen LogP contribution is 2.28. The van der Waals surface area contributed by atoms with Crippen molar-refractivity contribution in [1.82, 2.24) is 9.80 Å². The summed E-state index contributed by atoms with van der Waals surface area (Å²) in [5, 5.41) is 3.27. The quantitative estimate of drug-likeness (QED) is 0.896. The third-order valence-corrected chi connectivity index (χ3v) is 3.69. The number of fused-ring (bicyclic) bond motifs is 1. The first-order chi connectivity index (χ1) is 10.0. The molecule has 1 heterocycles. The number of hydrogen-bond acceptors (Lipinski definition) is 4. The first-order valence-corrected chi connectivity index (χ1v) is 7.47. The van der Waals surface area contributed by atoms with E-state index in [1.165, 1.54) is 0 Å². The minimum atomic E-state index is -0.454. The summed E-state index contributed by atoms with van der Waals surface area (Å²) >= 11 is 0.